The van der Waals surface area contributed by atoms with Gasteiger partial charge in [0.2, 0.25) is 0 Å². The van der Waals surface area contributed by atoms with Gasteiger partial charge in [-0.15, -0.1) is 0 Å². The standard InChI is InChI=1S/C54H43NO2/c1-53(2)49-24-13-11-21-46(49)48-23-15-22-44(52(48)53)36-26-28-39(29-27-36)55(41-32-42(56-3)35-43(33-41)57-4)40-30-31-47-45-20-12-14-25-50(45)54(51(47)34-40,37-16-7-5-8-17-37)38-18-9-6-10-19-38/h5-35H,1-4H3. The van der Waals surface area contributed by atoms with Gasteiger partial charge in [0, 0.05) is 35.0 Å². The van der Waals surface area contributed by atoms with Gasteiger partial charge in [0.1, 0.15) is 11.5 Å². The molecule has 0 saturated heterocycles. The summed E-state index contributed by atoms with van der Waals surface area (Å²) in [6.45, 7) is 4.70. The first-order valence-corrected chi connectivity index (χ1v) is 19.7. The van der Waals surface area contributed by atoms with Crippen LogP contribution < -0.4 is 14.4 Å². The summed E-state index contributed by atoms with van der Waals surface area (Å²) in [6, 6.07) is 68.5. The molecular formula is C54H43NO2. The Hall–Kier alpha value is -6.84. The Bertz CT molecular complexity index is 2720. The molecular weight excluding hydrogens is 695 g/mol. The third-order valence-corrected chi connectivity index (χ3v) is 12.3. The van der Waals surface area contributed by atoms with Gasteiger partial charge >= 0.3 is 0 Å². The van der Waals surface area contributed by atoms with Crippen molar-refractivity contribution < 1.29 is 9.47 Å². The molecule has 0 aliphatic heterocycles. The van der Waals surface area contributed by atoms with Crippen LogP contribution in [0.5, 0.6) is 11.5 Å². The first-order chi connectivity index (χ1) is 27.9. The zero-order valence-electron chi connectivity index (χ0n) is 32.7. The van der Waals surface area contributed by atoms with Crippen molar-refractivity contribution in [2.24, 2.45) is 0 Å². The lowest BCUT2D eigenvalue weighted by atomic mass is 9.67. The molecule has 2 aliphatic rings. The molecule has 0 atom stereocenters. The van der Waals surface area contributed by atoms with E-state index in [1.54, 1.807) is 14.2 Å². The second-order valence-corrected chi connectivity index (χ2v) is 15.6. The predicted octanol–water partition coefficient (Wildman–Crippen LogP) is 13.5. The minimum Gasteiger partial charge on any atom is -0.497 e. The second-order valence-electron chi connectivity index (χ2n) is 15.6. The van der Waals surface area contributed by atoms with Gasteiger partial charge in [-0.05, 0) is 91.0 Å². The first kappa shape index (κ1) is 34.6. The Kier molecular flexibility index (Phi) is 8.16. The maximum absolute atomic E-state index is 5.84. The van der Waals surface area contributed by atoms with Crippen molar-refractivity contribution in [2.45, 2.75) is 24.7 Å². The fourth-order valence-electron chi connectivity index (χ4n) is 9.82. The summed E-state index contributed by atoms with van der Waals surface area (Å²) in [4.78, 5) is 2.33. The van der Waals surface area contributed by atoms with Crippen LogP contribution in [0, 0.1) is 0 Å². The summed E-state index contributed by atoms with van der Waals surface area (Å²) in [5.74, 6) is 1.45. The number of benzene rings is 8. The van der Waals surface area contributed by atoms with Gasteiger partial charge in [-0.25, -0.2) is 0 Å². The van der Waals surface area contributed by atoms with Crippen molar-refractivity contribution >= 4 is 17.1 Å². The van der Waals surface area contributed by atoms with Gasteiger partial charge in [-0.2, -0.15) is 0 Å². The summed E-state index contributed by atoms with van der Waals surface area (Å²) in [6.07, 6.45) is 0. The Labute approximate surface area is 335 Å². The fraction of sp³-hybridized carbons (Fsp3) is 0.111. The first-order valence-electron chi connectivity index (χ1n) is 19.7. The predicted molar refractivity (Wildman–Crippen MR) is 235 cm³/mol. The molecule has 0 aromatic heterocycles. The van der Waals surface area contributed by atoms with Crippen molar-refractivity contribution in [3.05, 3.63) is 221 Å². The molecule has 276 valence electrons. The van der Waals surface area contributed by atoms with Crippen LogP contribution in [0.1, 0.15) is 47.2 Å². The Morgan fingerprint density at radius 1 is 0.386 bits per heavy atom. The summed E-state index contributed by atoms with van der Waals surface area (Å²) in [5, 5.41) is 0. The molecule has 57 heavy (non-hydrogen) atoms. The molecule has 0 radical (unpaired) electrons. The number of hydrogen-bond acceptors (Lipinski definition) is 3. The summed E-state index contributed by atoms with van der Waals surface area (Å²) in [7, 11) is 3.41. The van der Waals surface area contributed by atoms with Gasteiger partial charge < -0.3 is 14.4 Å². The average molecular weight is 738 g/mol. The quantitative estimate of drug-likeness (QED) is 0.155. The zero-order valence-corrected chi connectivity index (χ0v) is 32.7. The van der Waals surface area contributed by atoms with Gasteiger partial charge in [0.25, 0.3) is 0 Å². The van der Waals surface area contributed by atoms with Crippen molar-refractivity contribution in [1.82, 2.24) is 0 Å². The lowest BCUT2D eigenvalue weighted by Gasteiger charge is -2.35. The normalized spacial score (nSPS) is 13.9. The molecule has 10 rings (SSSR count). The summed E-state index contributed by atoms with van der Waals surface area (Å²) >= 11 is 0. The largest absolute Gasteiger partial charge is 0.497 e. The van der Waals surface area contributed by atoms with Crippen LogP contribution in [0.15, 0.2) is 188 Å². The van der Waals surface area contributed by atoms with Crippen LogP contribution in [0.2, 0.25) is 0 Å². The number of ether oxygens (including phenoxy) is 2. The van der Waals surface area contributed by atoms with Crippen molar-refractivity contribution in [3.63, 3.8) is 0 Å². The van der Waals surface area contributed by atoms with E-state index < -0.39 is 5.41 Å². The molecule has 0 unspecified atom stereocenters. The number of fused-ring (bicyclic) bond motifs is 6. The SMILES string of the molecule is COc1cc(OC)cc(N(c2ccc(-c3cccc4c3C(C)(C)c3ccccc3-4)cc2)c2ccc3c(c2)C(c2ccccc2)(c2ccccc2)c2ccccc2-3)c1. The third-order valence-electron chi connectivity index (χ3n) is 12.3. The smallest absolute Gasteiger partial charge is 0.124 e. The molecule has 8 aromatic carbocycles. The lowest BCUT2D eigenvalue weighted by Crippen LogP contribution is -2.28. The van der Waals surface area contributed by atoms with E-state index >= 15 is 0 Å². The zero-order chi connectivity index (χ0) is 38.7. The Morgan fingerprint density at radius 2 is 0.895 bits per heavy atom. The van der Waals surface area contributed by atoms with E-state index in [4.69, 9.17) is 9.47 Å². The van der Waals surface area contributed by atoms with Crippen molar-refractivity contribution in [1.29, 1.82) is 0 Å². The van der Waals surface area contributed by atoms with E-state index in [9.17, 15) is 0 Å². The molecule has 0 amide bonds. The van der Waals surface area contributed by atoms with E-state index in [0.29, 0.717) is 0 Å². The maximum Gasteiger partial charge on any atom is 0.124 e. The van der Waals surface area contributed by atoms with Crippen molar-refractivity contribution in [2.75, 3.05) is 19.1 Å². The maximum atomic E-state index is 5.84. The van der Waals surface area contributed by atoms with Gasteiger partial charge in [-0.1, -0.05) is 159 Å². The Morgan fingerprint density at radius 3 is 1.53 bits per heavy atom. The van der Waals surface area contributed by atoms with Crippen LogP contribution in [-0.4, -0.2) is 14.2 Å². The molecule has 0 spiro atoms. The molecule has 8 aromatic rings. The van der Waals surface area contributed by atoms with E-state index in [1.165, 1.54) is 66.8 Å². The van der Waals surface area contributed by atoms with E-state index in [0.717, 1.165) is 28.6 Å². The molecule has 2 aliphatic carbocycles. The highest BCUT2D eigenvalue weighted by atomic mass is 16.5. The van der Waals surface area contributed by atoms with E-state index in [1.807, 2.05) is 6.07 Å². The van der Waals surface area contributed by atoms with Crippen LogP contribution in [-0.2, 0) is 10.8 Å². The van der Waals surface area contributed by atoms with E-state index in [2.05, 4.69) is 201 Å². The van der Waals surface area contributed by atoms with Crippen LogP contribution in [0.3, 0.4) is 0 Å². The fourth-order valence-corrected chi connectivity index (χ4v) is 9.82. The highest BCUT2D eigenvalue weighted by Gasteiger charge is 2.46. The molecule has 0 bridgehead atoms. The number of nitrogens with zero attached hydrogens (tertiary/aromatic N) is 1. The van der Waals surface area contributed by atoms with Gasteiger partial charge in [0.15, 0.2) is 0 Å². The average Bonchev–Trinajstić information content (AvgIpc) is 3.70. The summed E-state index contributed by atoms with van der Waals surface area (Å²) < 4.78 is 11.7. The monoisotopic (exact) mass is 737 g/mol. The third kappa shape index (κ3) is 5.26. The van der Waals surface area contributed by atoms with Crippen LogP contribution in [0.4, 0.5) is 17.1 Å². The minimum atomic E-state index is -0.524. The molecule has 0 heterocycles. The van der Waals surface area contributed by atoms with Crippen LogP contribution in [0.25, 0.3) is 33.4 Å². The van der Waals surface area contributed by atoms with Crippen molar-refractivity contribution in [3.8, 4) is 44.9 Å². The van der Waals surface area contributed by atoms with Gasteiger partial charge in [0.05, 0.1) is 25.3 Å². The molecule has 3 nitrogen and oxygen atoms in total. The molecule has 0 fully saturated rings. The summed E-state index contributed by atoms with van der Waals surface area (Å²) in [5.41, 5.74) is 17.7. The number of rotatable bonds is 8. The number of hydrogen-bond donors (Lipinski definition) is 0. The van der Waals surface area contributed by atoms with E-state index in [-0.39, 0.29) is 5.41 Å². The molecule has 0 saturated carbocycles. The highest BCUT2D eigenvalue weighted by molar-refractivity contribution is 5.91. The second kappa shape index (κ2) is 13.4. The minimum absolute atomic E-state index is 0.115. The molecule has 3 heteroatoms. The molecule has 0 N–H and O–H groups in total. The van der Waals surface area contributed by atoms with Gasteiger partial charge in [-0.3, -0.25) is 0 Å². The van der Waals surface area contributed by atoms with Crippen LogP contribution >= 0.6 is 0 Å². The number of anilines is 3. The number of methoxy groups -OCH3 is 2. The highest BCUT2D eigenvalue weighted by Crippen LogP contribution is 2.58. The lowest BCUT2D eigenvalue weighted by molar-refractivity contribution is 0.394. The Balaban J connectivity index is 1.18. The topological polar surface area (TPSA) is 21.7 Å².